The van der Waals surface area contributed by atoms with Crippen LogP contribution in [0.1, 0.15) is 37.9 Å². The van der Waals surface area contributed by atoms with Crippen molar-refractivity contribution in [2.24, 2.45) is 12.8 Å². The standard InChI is InChI=1S/C12H20N4O/c1-3-8-16-11(17)5-4-9(13)12(16)10-6-7-14-15(10)2/h6-7,9,12H,3-5,8,13H2,1-2H3. The monoisotopic (exact) mass is 236 g/mol. The van der Waals surface area contributed by atoms with Crippen LogP contribution in [0.4, 0.5) is 0 Å². The van der Waals surface area contributed by atoms with E-state index < -0.39 is 0 Å². The van der Waals surface area contributed by atoms with Crippen molar-refractivity contribution < 1.29 is 4.79 Å². The van der Waals surface area contributed by atoms with Crippen molar-refractivity contribution in [2.75, 3.05) is 6.54 Å². The molecule has 2 unspecified atom stereocenters. The van der Waals surface area contributed by atoms with Crippen LogP contribution in [-0.2, 0) is 11.8 Å². The Balaban J connectivity index is 2.32. The van der Waals surface area contributed by atoms with Gasteiger partial charge in [0.15, 0.2) is 0 Å². The molecule has 0 radical (unpaired) electrons. The first kappa shape index (κ1) is 12.1. The van der Waals surface area contributed by atoms with Crippen molar-refractivity contribution in [2.45, 2.75) is 38.3 Å². The zero-order valence-corrected chi connectivity index (χ0v) is 10.5. The highest BCUT2D eigenvalue weighted by molar-refractivity contribution is 5.77. The lowest BCUT2D eigenvalue weighted by Gasteiger charge is -2.39. The van der Waals surface area contributed by atoms with E-state index in [0.717, 1.165) is 25.1 Å². The molecular weight excluding hydrogens is 216 g/mol. The van der Waals surface area contributed by atoms with Crippen LogP contribution in [0.3, 0.4) is 0 Å². The first-order valence-electron chi connectivity index (χ1n) is 6.18. The highest BCUT2D eigenvalue weighted by Gasteiger charge is 2.35. The molecule has 94 valence electrons. The van der Waals surface area contributed by atoms with Gasteiger partial charge in [0.2, 0.25) is 5.91 Å². The topological polar surface area (TPSA) is 64.2 Å². The number of likely N-dealkylation sites (tertiary alicyclic amines) is 1. The van der Waals surface area contributed by atoms with Crippen molar-refractivity contribution in [3.63, 3.8) is 0 Å². The number of nitrogens with zero attached hydrogens (tertiary/aromatic N) is 3. The predicted molar refractivity (Wildman–Crippen MR) is 65.2 cm³/mol. The van der Waals surface area contributed by atoms with Crippen LogP contribution < -0.4 is 5.73 Å². The van der Waals surface area contributed by atoms with Gasteiger partial charge in [0, 0.05) is 32.3 Å². The van der Waals surface area contributed by atoms with Gasteiger partial charge in [-0.3, -0.25) is 9.48 Å². The fraction of sp³-hybridized carbons (Fsp3) is 0.667. The Hall–Kier alpha value is -1.36. The van der Waals surface area contributed by atoms with E-state index in [1.54, 1.807) is 6.20 Å². The summed E-state index contributed by atoms with van der Waals surface area (Å²) in [5, 5.41) is 4.17. The summed E-state index contributed by atoms with van der Waals surface area (Å²) in [7, 11) is 1.89. The third-order valence-corrected chi connectivity index (χ3v) is 3.38. The van der Waals surface area contributed by atoms with Crippen molar-refractivity contribution >= 4 is 5.91 Å². The van der Waals surface area contributed by atoms with Gasteiger partial charge in [0.1, 0.15) is 0 Å². The Bertz CT molecular complexity index is 401. The SMILES string of the molecule is CCCN1C(=O)CCC(N)C1c1ccnn1C. The Morgan fingerprint density at radius 2 is 2.35 bits per heavy atom. The summed E-state index contributed by atoms with van der Waals surface area (Å²) in [4.78, 5) is 13.9. The predicted octanol–water partition coefficient (Wildman–Crippen LogP) is 0.821. The molecule has 1 aliphatic heterocycles. The van der Waals surface area contributed by atoms with Gasteiger partial charge in [-0.25, -0.2) is 0 Å². The van der Waals surface area contributed by atoms with Gasteiger partial charge in [-0.15, -0.1) is 0 Å². The Morgan fingerprint density at radius 3 is 2.94 bits per heavy atom. The zero-order chi connectivity index (χ0) is 12.4. The maximum absolute atomic E-state index is 12.0. The average molecular weight is 236 g/mol. The number of hydrogen-bond donors (Lipinski definition) is 1. The minimum atomic E-state index is -0.0244. The Labute approximate surface area is 102 Å². The second-order valence-corrected chi connectivity index (χ2v) is 4.61. The molecular formula is C12H20N4O. The van der Waals surface area contributed by atoms with Gasteiger partial charge in [0.05, 0.1) is 11.7 Å². The number of piperidine rings is 1. The van der Waals surface area contributed by atoms with Gasteiger partial charge in [-0.1, -0.05) is 6.92 Å². The maximum Gasteiger partial charge on any atom is 0.223 e. The molecule has 1 saturated heterocycles. The summed E-state index contributed by atoms with van der Waals surface area (Å²) >= 11 is 0. The number of amides is 1. The van der Waals surface area contributed by atoms with Crippen LogP contribution in [0.15, 0.2) is 12.3 Å². The Kier molecular flexibility index (Phi) is 3.47. The molecule has 2 heterocycles. The van der Waals surface area contributed by atoms with E-state index in [-0.39, 0.29) is 18.0 Å². The van der Waals surface area contributed by atoms with Crippen molar-refractivity contribution in [1.29, 1.82) is 0 Å². The summed E-state index contributed by atoms with van der Waals surface area (Å²) in [5.41, 5.74) is 7.21. The molecule has 0 bridgehead atoms. The lowest BCUT2D eigenvalue weighted by Crippen LogP contribution is -2.49. The molecule has 0 aliphatic carbocycles. The number of carbonyl (C=O) groups is 1. The molecule has 0 spiro atoms. The molecule has 1 fully saturated rings. The zero-order valence-electron chi connectivity index (χ0n) is 10.5. The van der Waals surface area contributed by atoms with Crippen LogP contribution in [0.2, 0.25) is 0 Å². The van der Waals surface area contributed by atoms with E-state index in [0.29, 0.717) is 6.42 Å². The highest BCUT2D eigenvalue weighted by atomic mass is 16.2. The van der Waals surface area contributed by atoms with Crippen molar-refractivity contribution in [3.05, 3.63) is 18.0 Å². The van der Waals surface area contributed by atoms with Crippen molar-refractivity contribution in [3.8, 4) is 0 Å². The minimum absolute atomic E-state index is 0.00894. The van der Waals surface area contributed by atoms with Gasteiger partial charge in [-0.05, 0) is 18.9 Å². The third kappa shape index (κ3) is 2.20. The molecule has 17 heavy (non-hydrogen) atoms. The lowest BCUT2D eigenvalue weighted by molar-refractivity contribution is -0.137. The number of aromatic nitrogens is 2. The smallest absolute Gasteiger partial charge is 0.223 e. The molecule has 0 saturated carbocycles. The first-order valence-corrected chi connectivity index (χ1v) is 6.18. The second-order valence-electron chi connectivity index (χ2n) is 4.61. The van der Waals surface area contributed by atoms with E-state index in [4.69, 9.17) is 5.73 Å². The molecule has 2 atom stereocenters. The van der Waals surface area contributed by atoms with Crippen LogP contribution in [-0.4, -0.2) is 33.2 Å². The summed E-state index contributed by atoms with van der Waals surface area (Å²) in [6.07, 6.45) is 4.03. The van der Waals surface area contributed by atoms with Gasteiger partial charge in [0.25, 0.3) is 0 Å². The summed E-state index contributed by atoms with van der Waals surface area (Å²) < 4.78 is 1.81. The molecule has 5 heteroatoms. The second kappa shape index (κ2) is 4.87. The van der Waals surface area contributed by atoms with Crippen LogP contribution in [0, 0.1) is 0 Å². The van der Waals surface area contributed by atoms with Crippen LogP contribution in [0.25, 0.3) is 0 Å². The Morgan fingerprint density at radius 1 is 1.59 bits per heavy atom. The van der Waals surface area contributed by atoms with E-state index in [1.807, 2.05) is 22.7 Å². The van der Waals surface area contributed by atoms with E-state index >= 15 is 0 Å². The summed E-state index contributed by atoms with van der Waals surface area (Å²) in [5.74, 6) is 0.208. The van der Waals surface area contributed by atoms with Crippen molar-refractivity contribution in [1.82, 2.24) is 14.7 Å². The number of hydrogen-bond acceptors (Lipinski definition) is 3. The molecule has 1 amide bonds. The largest absolute Gasteiger partial charge is 0.333 e. The fourth-order valence-corrected chi connectivity index (χ4v) is 2.54. The average Bonchev–Trinajstić information content (AvgIpc) is 2.71. The fourth-order valence-electron chi connectivity index (χ4n) is 2.54. The third-order valence-electron chi connectivity index (χ3n) is 3.38. The quantitative estimate of drug-likeness (QED) is 0.845. The molecule has 5 nitrogen and oxygen atoms in total. The molecule has 1 aliphatic rings. The van der Waals surface area contributed by atoms with E-state index in [1.165, 1.54) is 0 Å². The normalized spacial score (nSPS) is 25.4. The first-order chi connectivity index (χ1) is 8.15. The van der Waals surface area contributed by atoms with Gasteiger partial charge in [-0.2, -0.15) is 5.10 Å². The lowest BCUT2D eigenvalue weighted by atomic mass is 9.93. The number of nitrogens with two attached hydrogens (primary N) is 1. The maximum atomic E-state index is 12.0. The van der Waals surface area contributed by atoms with Crippen LogP contribution >= 0.6 is 0 Å². The summed E-state index contributed by atoms with van der Waals surface area (Å²) in [6.45, 7) is 2.84. The van der Waals surface area contributed by atoms with Gasteiger partial charge >= 0.3 is 0 Å². The highest BCUT2D eigenvalue weighted by Crippen LogP contribution is 2.30. The number of aryl methyl sites for hydroxylation is 1. The van der Waals surface area contributed by atoms with Gasteiger partial charge < -0.3 is 10.6 Å². The molecule has 2 rings (SSSR count). The van der Waals surface area contributed by atoms with Crippen LogP contribution in [0.5, 0.6) is 0 Å². The molecule has 0 aromatic carbocycles. The number of carbonyl (C=O) groups excluding carboxylic acids is 1. The molecule has 1 aromatic rings. The van der Waals surface area contributed by atoms with E-state index in [2.05, 4.69) is 12.0 Å². The van der Waals surface area contributed by atoms with E-state index in [9.17, 15) is 4.79 Å². The molecule has 2 N–H and O–H groups in total. The minimum Gasteiger partial charge on any atom is -0.333 e. The summed E-state index contributed by atoms with van der Waals surface area (Å²) in [6, 6.07) is 1.93. The number of rotatable bonds is 3. The molecule has 1 aromatic heterocycles.